The molecule has 0 unspecified atom stereocenters. The zero-order valence-electron chi connectivity index (χ0n) is 14.2. The minimum absolute atomic E-state index is 0.209. The van der Waals surface area contributed by atoms with Crippen LogP contribution in [-0.2, 0) is 19.5 Å². The Bertz CT molecular complexity index is 829. The van der Waals surface area contributed by atoms with Gasteiger partial charge in [-0.3, -0.25) is 4.79 Å². The lowest BCUT2D eigenvalue weighted by Gasteiger charge is -2.24. The number of hydrogen-bond donors (Lipinski definition) is 1. The maximum atomic E-state index is 13.5. The summed E-state index contributed by atoms with van der Waals surface area (Å²) in [6.45, 7) is 2.77. The molecular formula is C17H20FNO5S. The van der Waals surface area contributed by atoms with E-state index in [-0.39, 0.29) is 18.7 Å². The molecule has 1 aliphatic heterocycles. The van der Waals surface area contributed by atoms with Crippen LogP contribution in [-0.4, -0.2) is 42.3 Å². The Hall–Kier alpha value is -2.22. The summed E-state index contributed by atoms with van der Waals surface area (Å²) < 4.78 is 35.3. The number of sulfone groups is 1. The van der Waals surface area contributed by atoms with Crippen molar-refractivity contribution < 1.29 is 27.5 Å². The summed E-state index contributed by atoms with van der Waals surface area (Å²) in [5.74, 6) is -1.75. The quantitative estimate of drug-likeness (QED) is 0.832. The van der Waals surface area contributed by atoms with Gasteiger partial charge in [0, 0.05) is 24.7 Å². The third-order valence-corrected chi connectivity index (χ3v) is 6.35. The second kappa shape index (κ2) is 6.95. The molecule has 2 atom stereocenters. The molecule has 1 aromatic rings. The van der Waals surface area contributed by atoms with Crippen LogP contribution in [0.15, 0.2) is 35.5 Å². The highest BCUT2D eigenvalue weighted by Gasteiger charge is 2.47. The van der Waals surface area contributed by atoms with Crippen molar-refractivity contribution in [3.8, 4) is 0 Å². The average molecular weight is 369 g/mol. The molecule has 6 nitrogen and oxygen atoms in total. The lowest BCUT2D eigenvalue weighted by molar-refractivity contribution is -0.140. The van der Waals surface area contributed by atoms with Crippen molar-refractivity contribution in [2.24, 2.45) is 5.16 Å². The molecule has 1 aromatic carbocycles. The lowest BCUT2D eigenvalue weighted by atomic mass is 9.97. The highest BCUT2D eigenvalue weighted by atomic mass is 32.2. The fraction of sp³-hybridized carbons (Fsp3) is 0.412. The van der Waals surface area contributed by atoms with Crippen molar-refractivity contribution in [1.29, 1.82) is 0 Å². The number of halogens is 1. The van der Waals surface area contributed by atoms with Crippen LogP contribution in [0.1, 0.15) is 37.8 Å². The Balaban J connectivity index is 2.12. The first-order valence-electron chi connectivity index (χ1n) is 7.67. The van der Waals surface area contributed by atoms with Crippen LogP contribution in [0.5, 0.6) is 0 Å². The maximum Gasteiger partial charge on any atom is 0.324 e. The van der Waals surface area contributed by atoms with E-state index in [2.05, 4.69) is 5.16 Å². The van der Waals surface area contributed by atoms with E-state index in [4.69, 9.17) is 4.84 Å². The number of aliphatic carboxylic acids is 1. The zero-order chi connectivity index (χ0) is 18.8. The highest BCUT2D eigenvalue weighted by molar-refractivity contribution is 7.92. The number of carboxylic acid groups (broad SMARTS) is 1. The van der Waals surface area contributed by atoms with Gasteiger partial charge in [0.15, 0.2) is 14.6 Å². The Kier molecular flexibility index (Phi) is 5.31. The molecule has 1 heterocycles. The van der Waals surface area contributed by atoms with E-state index in [1.165, 1.54) is 13.0 Å². The Labute approximate surface area is 145 Å². The van der Waals surface area contributed by atoms with Gasteiger partial charge in [0.05, 0.1) is 5.71 Å². The Morgan fingerprint density at radius 2 is 2.04 bits per heavy atom. The van der Waals surface area contributed by atoms with Gasteiger partial charge < -0.3 is 9.94 Å². The summed E-state index contributed by atoms with van der Waals surface area (Å²) in [6, 6.07) is 6.60. The van der Waals surface area contributed by atoms with E-state index in [0.29, 0.717) is 16.8 Å². The predicted molar refractivity (Wildman–Crippen MR) is 92.7 cm³/mol. The number of nitrogens with zero attached hydrogens (tertiary/aromatic N) is 1. The van der Waals surface area contributed by atoms with Crippen LogP contribution in [0, 0.1) is 0 Å². The van der Waals surface area contributed by atoms with Crippen molar-refractivity contribution >= 4 is 27.3 Å². The molecule has 0 fully saturated rings. The standard InChI is InChI=1S/C17H20FNO5S/c1-4-14(18)11-5-7-12(8-6-11)15-9-13(24-19-15)10-17(2,16(20)21)25(3,22)23/h4-8,13H,9-10H2,1-3H3,(H,20,21)/b14-4-/t13-,17-/m1/s1. The number of allylic oxidation sites excluding steroid dienone is 1. The summed E-state index contributed by atoms with van der Waals surface area (Å²) in [5.41, 5.74) is 1.73. The Morgan fingerprint density at radius 3 is 2.52 bits per heavy atom. The summed E-state index contributed by atoms with van der Waals surface area (Å²) in [5, 5.41) is 13.2. The van der Waals surface area contributed by atoms with Gasteiger partial charge in [0.1, 0.15) is 11.9 Å². The molecule has 0 amide bonds. The summed E-state index contributed by atoms with van der Waals surface area (Å²) >= 11 is 0. The highest BCUT2D eigenvalue weighted by Crippen LogP contribution is 2.29. The van der Waals surface area contributed by atoms with Gasteiger partial charge in [0.25, 0.3) is 0 Å². The number of hydrogen-bond acceptors (Lipinski definition) is 5. The monoisotopic (exact) mass is 369 g/mol. The smallest absolute Gasteiger partial charge is 0.324 e. The number of carboxylic acids is 1. The van der Waals surface area contributed by atoms with Crippen LogP contribution >= 0.6 is 0 Å². The van der Waals surface area contributed by atoms with Gasteiger partial charge in [0.2, 0.25) is 0 Å². The second-order valence-electron chi connectivity index (χ2n) is 6.20. The van der Waals surface area contributed by atoms with Gasteiger partial charge >= 0.3 is 5.97 Å². The van der Waals surface area contributed by atoms with Crippen molar-refractivity contribution in [3.05, 3.63) is 41.5 Å². The summed E-state index contributed by atoms with van der Waals surface area (Å²) in [6.07, 6.45) is 1.67. The molecule has 0 saturated carbocycles. The molecular weight excluding hydrogens is 349 g/mol. The van der Waals surface area contributed by atoms with Crippen molar-refractivity contribution in [3.63, 3.8) is 0 Å². The fourth-order valence-corrected chi connectivity index (χ4v) is 3.33. The van der Waals surface area contributed by atoms with Crippen LogP contribution in [0.4, 0.5) is 4.39 Å². The van der Waals surface area contributed by atoms with E-state index in [9.17, 15) is 22.7 Å². The van der Waals surface area contributed by atoms with E-state index in [1.54, 1.807) is 31.2 Å². The maximum absolute atomic E-state index is 13.5. The van der Waals surface area contributed by atoms with Gasteiger partial charge in [-0.1, -0.05) is 35.5 Å². The first-order valence-corrected chi connectivity index (χ1v) is 9.56. The number of rotatable bonds is 6. The SMILES string of the molecule is C/C=C(\F)c1ccc(C2=NO[C@@H](C[C@](C)(C(=O)O)S(C)(=O)=O)C2)cc1. The van der Waals surface area contributed by atoms with Crippen LogP contribution in [0.3, 0.4) is 0 Å². The minimum Gasteiger partial charge on any atom is -0.480 e. The number of oxime groups is 1. The average Bonchev–Trinajstić information content (AvgIpc) is 3.01. The van der Waals surface area contributed by atoms with Crippen molar-refractivity contribution in [2.45, 2.75) is 37.5 Å². The first kappa shape index (κ1) is 19.1. The molecule has 0 saturated heterocycles. The van der Waals surface area contributed by atoms with Gasteiger partial charge in [-0.15, -0.1) is 0 Å². The molecule has 0 aromatic heterocycles. The third-order valence-electron chi connectivity index (χ3n) is 4.37. The molecule has 0 spiro atoms. The molecule has 1 aliphatic rings. The molecule has 0 radical (unpaired) electrons. The molecule has 2 rings (SSSR count). The molecule has 0 bridgehead atoms. The summed E-state index contributed by atoms with van der Waals surface area (Å²) in [4.78, 5) is 16.7. The lowest BCUT2D eigenvalue weighted by Crippen LogP contribution is -2.45. The van der Waals surface area contributed by atoms with E-state index < -0.39 is 26.7 Å². The largest absolute Gasteiger partial charge is 0.480 e. The van der Waals surface area contributed by atoms with Crippen LogP contribution in [0.25, 0.3) is 5.83 Å². The van der Waals surface area contributed by atoms with Crippen molar-refractivity contribution in [2.75, 3.05) is 6.26 Å². The van der Waals surface area contributed by atoms with Gasteiger partial charge in [-0.25, -0.2) is 12.8 Å². The predicted octanol–water partition coefficient (Wildman–Crippen LogP) is 2.79. The Morgan fingerprint density at radius 1 is 1.44 bits per heavy atom. The van der Waals surface area contributed by atoms with E-state index in [1.807, 2.05) is 0 Å². The zero-order valence-corrected chi connectivity index (χ0v) is 15.0. The number of carbonyl (C=O) groups is 1. The van der Waals surface area contributed by atoms with Gasteiger partial charge in [-0.2, -0.15) is 0 Å². The molecule has 1 N–H and O–H groups in total. The fourth-order valence-electron chi connectivity index (χ4n) is 2.53. The number of benzene rings is 1. The van der Waals surface area contributed by atoms with E-state index in [0.717, 1.165) is 6.26 Å². The molecule has 8 heteroatoms. The van der Waals surface area contributed by atoms with Crippen LogP contribution in [0.2, 0.25) is 0 Å². The molecule has 136 valence electrons. The van der Waals surface area contributed by atoms with Crippen LogP contribution < -0.4 is 0 Å². The first-order chi connectivity index (χ1) is 11.6. The summed E-state index contributed by atoms with van der Waals surface area (Å²) in [7, 11) is -3.83. The van der Waals surface area contributed by atoms with Gasteiger partial charge in [-0.05, 0) is 19.4 Å². The third kappa shape index (κ3) is 3.89. The van der Waals surface area contributed by atoms with E-state index >= 15 is 0 Å². The molecule has 0 aliphatic carbocycles. The second-order valence-corrected chi connectivity index (χ2v) is 8.64. The van der Waals surface area contributed by atoms with Crippen molar-refractivity contribution in [1.82, 2.24) is 0 Å². The topological polar surface area (TPSA) is 93.0 Å². The minimum atomic E-state index is -3.83. The normalized spacial score (nSPS) is 20.6. The molecule has 25 heavy (non-hydrogen) atoms.